The lowest BCUT2D eigenvalue weighted by molar-refractivity contribution is -0.130. The summed E-state index contributed by atoms with van der Waals surface area (Å²) in [4.78, 5) is 16.7. The summed E-state index contributed by atoms with van der Waals surface area (Å²) in [5.74, 6) is 1.52. The fourth-order valence-electron chi connectivity index (χ4n) is 3.01. The van der Waals surface area contributed by atoms with E-state index in [1.54, 1.807) is 11.3 Å². The molecule has 2 aliphatic rings. The normalized spacial score (nSPS) is 18.2. The first-order valence-electron chi connectivity index (χ1n) is 8.39. The van der Waals surface area contributed by atoms with Crippen LogP contribution in [0.4, 0.5) is 5.13 Å². The molecule has 0 unspecified atom stereocenters. The van der Waals surface area contributed by atoms with Crippen LogP contribution in [0.1, 0.15) is 40.8 Å². The lowest BCUT2D eigenvalue weighted by Gasteiger charge is -2.34. The predicted octanol–water partition coefficient (Wildman–Crippen LogP) is 1.91. The highest BCUT2D eigenvalue weighted by atomic mass is 32.1. The minimum absolute atomic E-state index is 0.139. The van der Waals surface area contributed by atoms with Gasteiger partial charge in [-0.3, -0.25) is 4.79 Å². The number of rotatable bonds is 4. The van der Waals surface area contributed by atoms with E-state index in [4.69, 9.17) is 4.52 Å². The monoisotopic (exact) mass is 347 g/mol. The van der Waals surface area contributed by atoms with Crippen LogP contribution in [0.15, 0.2) is 4.52 Å². The summed E-state index contributed by atoms with van der Waals surface area (Å²) in [5.41, 5.74) is 1.72. The van der Waals surface area contributed by atoms with E-state index >= 15 is 0 Å². The summed E-state index contributed by atoms with van der Waals surface area (Å²) in [5, 5.41) is 14.7. The minimum atomic E-state index is 0.139. The molecule has 128 valence electrons. The zero-order chi connectivity index (χ0) is 16.7. The molecule has 3 heterocycles. The molecule has 0 atom stereocenters. The summed E-state index contributed by atoms with van der Waals surface area (Å²) in [6.07, 6.45) is 2.86. The van der Waals surface area contributed by atoms with E-state index in [0.29, 0.717) is 12.3 Å². The third-order valence-corrected chi connectivity index (χ3v) is 5.92. The van der Waals surface area contributed by atoms with Crippen molar-refractivity contribution in [2.24, 2.45) is 0 Å². The molecular formula is C16H21N5O2S. The largest absolute Gasteiger partial charge is 0.361 e. The van der Waals surface area contributed by atoms with Gasteiger partial charge in [0.1, 0.15) is 10.8 Å². The fourth-order valence-corrected chi connectivity index (χ4v) is 4.08. The van der Waals surface area contributed by atoms with Gasteiger partial charge >= 0.3 is 0 Å². The molecule has 0 spiro atoms. The average Bonchev–Trinajstić information content (AvgIpc) is 3.25. The van der Waals surface area contributed by atoms with Crippen LogP contribution >= 0.6 is 11.3 Å². The molecule has 2 fully saturated rings. The Morgan fingerprint density at radius 3 is 2.58 bits per heavy atom. The molecular weight excluding hydrogens is 326 g/mol. The van der Waals surface area contributed by atoms with Crippen LogP contribution in [-0.2, 0) is 11.2 Å². The molecule has 0 N–H and O–H groups in total. The molecule has 24 heavy (non-hydrogen) atoms. The molecule has 1 saturated heterocycles. The Kier molecular flexibility index (Phi) is 3.99. The quantitative estimate of drug-likeness (QED) is 0.841. The van der Waals surface area contributed by atoms with Crippen molar-refractivity contribution in [1.29, 1.82) is 0 Å². The molecule has 7 nitrogen and oxygen atoms in total. The van der Waals surface area contributed by atoms with Gasteiger partial charge in [-0.05, 0) is 26.7 Å². The first-order chi connectivity index (χ1) is 11.6. The Labute approximate surface area is 144 Å². The summed E-state index contributed by atoms with van der Waals surface area (Å²) < 4.78 is 5.14. The smallest absolute Gasteiger partial charge is 0.227 e. The summed E-state index contributed by atoms with van der Waals surface area (Å²) in [6.45, 7) is 6.80. The van der Waals surface area contributed by atoms with Crippen molar-refractivity contribution in [2.75, 3.05) is 31.1 Å². The molecule has 1 amide bonds. The second kappa shape index (κ2) is 6.16. The molecule has 1 saturated carbocycles. The molecule has 0 aromatic carbocycles. The number of carbonyl (C=O) groups excluding carboxylic acids is 1. The van der Waals surface area contributed by atoms with Gasteiger partial charge in [0, 0.05) is 37.7 Å². The highest BCUT2D eigenvalue weighted by Gasteiger charge is 2.29. The summed E-state index contributed by atoms with van der Waals surface area (Å²) in [7, 11) is 0. The van der Waals surface area contributed by atoms with Gasteiger partial charge in [-0.1, -0.05) is 16.5 Å². The molecule has 8 heteroatoms. The van der Waals surface area contributed by atoms with E-state index in [1.807, 2.05) is 18.7 Å². The molecule has 2 aromatic rings. The van der Waals surface area contributed by atoms with Crippen LogP contribution in [0.3, 0.4) is 0 Å². The van der Waals surface area contributed by atoms with Crippen molar-refractivity contribution in [3.63, 3.8) is 0 Å². The standard InChI is InChI=1S/C16H21N5O2S/c1-10-13(11(2)23-19-10)9-14(22)20-5-7-21(8-6-20)16-18-17-15(24-16)12-3-4-12/h12H,3-9H2,1-2H3. The number of nitrogens with zero attached hydrogens (tertiary/aromatic N) is 5. The Hall–Kier alpha value is -1.96. The number of aryl methyl sites for hydroxylation is 2. The van der Waals surface area contributed by atoms with Crippen molar-refractivity contribution in [1.82, 2.24) is 20.3 Å². The molecule has 0 radical (unpaired) electrons. The lowest BCUT2D eigenvalue weighted by atomic mass is 10.1. The number of anilines is 1. The Bertz CT molecular complexity index is 724. The van der Waals surface area contributed by atoms with Crippen LogP contribution in [0, 0.1) is 13.8 Å². The van der Waals surface area contributed by atoms with E-state index in [2.05, 4.69) is 20.3 Å². The van der Waals surface area contributed by atoms with Crippen LogP contribution in [0.25, 0.3) is 0 Å². The van der Waals surface area contributed by atoms with Gasteiger partial charge in [0.2, 0.25) is 11.0 Å². The van der Waals surface area contributed by atoms with Crippen LogP contribution in [-0.4, -0.2) is 52.3 Å². The highest BCUT2D eigenvalue weighted by Crippen LogP contribution is 2.42. The van der Waals surface area contributed by atoms with E-state index in [0.717, 1.165) is 48.3 Å². The van der Waals surface area contributed by atoms with E-state index < -0.39 is 0 Å². The number of piperazine rings is 1. The van der Waals surface area contributed by atoms with E-state index in [9.17, 15) is 4.79 Å². The predicted molar refractivity (Wildman–Crippen MR) is 90.4 cm³/mol. The Morgan fingerprint density at radius 2 is 1.96 bits per heavy atom. The average molecular weight is 347 g/mol. The zero-order valence-corrected chi connectivity index (χ0v) is 14.8. The summed E-state index contributed by atoms with van der Waals surface area (Å²) >= 11 is 1.71. The highest BCUT2D eigenvalue weighted by molar-refractivity contribution is 7.15. The molecule has 0 bridgehead atoms. The van der Waals surface area contributed by atoms with Crippen LogP contribution in [0.2, 0.25) is 0 Å². The number of carbonyl (C=O) groups is 1. The van der Waals surface area contributed by atoms with Crippen LogP contribution < -0.4 is 4.90 Å². The van der Waals surface area contributed by atoms with Crippen molar-refractivity contribution in [3.8, 4) is 0 Å². The second-order valence-corrected chi connectivity index (χ2v) is 7.53. The number of aromatic nitrogens is 3. The fraction of sp³-hybridized carbons (Fsp3) is 0.625. The molecule has 2 aromatic heterocycles. The Balaban J connectivity index is 1.34. The lowest BCUT2D eigenvalue weighted by Crippen LogP contribution is -2.49. The van der Waals surface area contributed by atoms with Gasteiger partial charge in [-0.15, -0.1) is 10.2 Å². The summed E-state index contributed by atoms with van der Waals surface area (Å²) in [6, 6.07) is 0. The minimum Gasteiger partial charge on any atom is -0.361 e. The van der Waals surface area contributed by atoms with Gasteiger partial charge < -0.3 is 14.3 Å². The second-order valence-electron chi connectivity index (χ2n) is 6.54. The third kappa shape index (κ3) is 3.02. The van der Waals surface area contributed by atoms with Crippen molar-refractivity contribution in [2.45, 2.75) is 39.0 Å². The van der Waals surface area contributed by atoms with Gasteiger partial charge in [-0.2, -0.15) is 0 Å². The topological polar surface area (TPSA) is 75.4 Å². The van der Waals surface area contributed by atoms with Crippen molar-refractivity contribution < 1.29 is 9.32 Å². The first kappa shape index (κ1) is 15.6. The zero-order valence-electron chi connectivity index (χ0n) is 14.0. The number of amides is 1. The van der Waals surface area contributed by atoms with Crippen molar-refractivity contribution >= 4 is 22.4 Å². The maximum atomic E-state index is 12.5. The van der Waals surface area contributed by atoms with Gasteiger partial charge in [0.25, 0.3) is 0 Å². The first-order valence-corrected chi connectivity index (χ1v) is 9.21. The third-order valence-electron chi connectivity index (χ3n) is 4.77. The Morgan fingerprint density at radius 1 is 1.21 bits per heavy atom. The van der Waals surface area contributed by atoms with E-state index in [1.165, 1.54) is 17.8 Å². The maximum absolute atomic E-state index is 12.5. The van der Waals surface area contributed by atoms with Gasteiger partial charge in [0.05, 0.1) is 12.1 Å². The van der Waals surface area contributed by atoms with Gasteiger partial charge in [0.15, 0.2) is 0 Å². The SMILES string of the molecule is Cc1noc(C)c1CC(=O)N1CCN(c2nnc(C3CC3)s2)CC1. The van der Waals surface area contributed by atoms with E-state index in [-0.39, 0.29) is 5.91 Å². The number of hydrogen-bond donors (Lipinski definition) is 0. The molecule has 1 aliphatic heterocycles. The molecule has 1 aliphatic carbocycles. The van der Waals surface area contributed by atoms with Crippen molar-refractivity contribution in [3.05, 3.63) is 22.0 Å². The van der Waals surface area contributed by atoms with Crippen LogP contribution in [0.5, 0.6) is 0 Å². The molecule has 4 rings (SSSR count). The van der Waals surface area contributed by atoms with Gasteiger partial charge in [-0.25, -0.2) is 0 Å². The maximum Gasteiger partial charge on any atom is 0.227 e. The number of hydrogen-bond acceptors (Lipinski definition) is 7.